The van der Waals surface area contributed by atoms with Crippen molar-refractivity contribution in [2.45, 2.75) is 26.7 Å². The highest BCUT2D eigenvalue weighted by molar-refractivity contribution is 5.98. The first-order valence-corrected chi connectivity index (χ1v) is 8.22. The van der Waals surface area contributed by atoms with Gasteiger partial charge in [-0.3, -0.25) is 0 Å². The summed E-state index contributed by atoms with van der Waals surface area (Å²) >= 11 is 0. The van der Waals surface area contributed by atoms with E-state index in [0.717, 1.165) is 23.8 Å². The van der Waals surface area contributed by atoms with E-state index in [1.807, 2.05) is 12.1 Å². The Morgan fingerprint density at radius 2 is 1.60 bits per heavy atom. The molecule has 5 nitrogen and oxygen atoms in total. The summed E-state index contributed by atoms with van der Waals surface area (Å²) in [6.07, 6.45) is 3.78. The van der Waals surface area contributed by atoms with E-state index in [4.69, 9.17) is 18.9 Å². The first-order valence-electron chi connectivity index (χ1n) is 8.22. The van der Waals surface area contributed by atoms with Crippen LogP contribution in [0.25, 0.3) is 10.8 Å². The molecule has 25 heavy (non-hydrogen) atoms. The van der Waals surface area contributed by atoms with Gasteiger partial charge in [-0.15, -0.1) is 0 Å². The largest absolute Gasteiger partial charge is 0.507 e. The Kier molecular flexibility index (Phi) is 7.10. The van der Waals surface area contributed by atoms with Gasteiger partial charge in [0.15, 0.2) is 13.6 Å². The molecule has 2 aromatic carbocycles. The number of hydrogen-bond donors (Lipinski definition) is 1. The van der Waals surface area contributed by atoms with E-state index in [1.54, 1.807) is 26.4 Å². The number of fused-ring (bicyclic) bond motifs is 1. The summed E-state index contributed by atoms with van der Waals surface area (Å²) < 4.78 is 21.2. The second-order valence-electron chi connectivity index (χ2n) is 5.98. The Hall–Kier alpha value is -2.24. The van der Waals surface area contributed by atoms with Crippen molar-refractivity contribution in [1.82, 2.24) is 0 Å². The van der Waals surface area contributed by atoms with E-state index in [0.29, 0.717) is 16.9 Å². The fourth-order valence-corrected chi connectivity index (χ4v) is 2.62. The monoisotopic (exact) mass is 346 g/mol. The molecule has 0 fully saturated rings. The molecule has 0 unspecified atom stereocenters. The summed E-state index contributed by atoms with van der Waals surface area (Å²) in [5, 5.41) is 12.2. The molecular formula is C20H26O5. The molecule has 0 radical (unpaired) electrons. The summed E-state index contributed by atoms with van der Waals surface area (Å²) in [4.78, 5) is 0. The maximum atomic E-state index is 10.8. The van der Waals surface area contributed by atoms with Crippen molar-refractivity contribution in [3.8, 4) is 17.2 Å². The van der Waals surface area contributed by atoms with Crippen LogP contribution < -0.4 is 9.47 Å². The molecule has 0 saturated heterocycles. The zero-order valence-electron chi connectivity index (χ0n) is 15.3. The normalized spacial score (nSPS) is 10.7. The zero-order valence-corrected chi connectivity index (χ0v) is 15.3. The third kappa shape index (κ3) is 4.87. The number of benzene rings is 2. The molecule has 0 heterocycles. The van der Waals surface area contributed by atoms with Crippen LogP contribution in [0.4, 0.5) is 0 Å². The SMILES string of the molecule is COCOc1ccc(OCOC)c2c(O)c(CCC=C(C)C)ccc12. The summed E-state index contributed by atoms with van der Waals surface area (Å²) in [6.45, 7) is 4.37. The van der Waals surface area contributed by atoms with Crippen LogP contribution in [0.2, 0.25) is 0 Å². The molecule has 0 aliphatic carbocycles. The molecular weight excluding hydrogens is 320 g/mol. The quantitative estimate of drug-likeness (QED) is 0.538. The third-order valence-corrected chi connectivity index (χ3v) is 3.79. The predicted molar refractivity (Wildman–Crippen MR) is 98.4 cm³/mol. The molecule has 1 N–H and O–H groups in total. The van der Waals surface area contributed by atoms with Gasteiger partial charge in [0.05, 0.1) is 5.39 Å². The highest BCUT2D eigenvalue weighted by Gasteiger charge is 2.15. The maximum absolute atomic E-state index is 10.8. The first kappa shape index (κ1) is 19.1. The van der Waals surface area contributed by atoms with Crippen LogP contribution in [0.15, 0.2) is 35.9 Å². The predicted octanol–water partition coefficient (Wildman–Crippen LogP) is 4.41. The molecule has 0 aromatic heterocycles. The van der Waals surface area contributed by atoms with Crippen LogP contribution in [0.5, 0.6) is 17.2 Å². The van der Waals surface area contributed by atoms with E-state index in [2.05, 4.69) is 19.9 Å². The number of ether oxygens (including phenoxy) is 4. The van der Waals surface area contributed by atoms with Crippen LogP contribution in [0, 0.1) is 0 Å². The lowest BCUT2D eigenvalue weighted by Crippen LogP contribution is -2.02. The minimum absolute atomic E-state index is 0.106. The number of rotatable bonds is 9. The van der Waals surface area contributed by atoms with Gasteiger partial charge in [0.1, 0.15) is 17.2 Å². The van der Waals surface area contributed by atoms with Gasteiger partial charge >= 0.3 is 0 Å². The van der Waals surface area contributed by atoms with Gasteiger partial charge in [0.2, 0.25) is 0 Å². The van der Waals surface area contributed by atoms with E-state index in [1.165, 1.54) is 5.57 Å². The van der Waals surface area contributed by atoms with Crippen molar-refractivity contribution in [3.63, 3.8) is 0 Å². The highest BCUT2D eigenvalue weighted by Crippen LogP contribution is 2.41. The third-order valence-electron chi connectivity index (χ3n) is 3.79. The minimum Gasteiger partial charge on any atom is -0.507 e. The lowest BCUT2D eigenvalue weighted by atomic mass is 10.00. The number of methoxy groups -OCH3 is 2. The maximum Gasteiger partial charge on any atom is 0.188 e. The van der Waals surface area contributed by atoms with Crippen molar-refractivity contribution in [2.75, 3.05) is 27.8 Å². The number of allylic oxidation sites excluding steroid dienone is 2. The summed E-state index contributed by atoms with van der Waals surface area (Å²) in [7, 11) is 3.13. The average Bonchev–Trinajstić information content (AvgIpc) is 2.60. The van der Waals surface area contributed by atoms with Gasteiger partial charge in [-0.05, 0) is 50.5 Å². The second-order valence-corrected chi connectivity index (χ2v) is 5.98. The van der Waals surface area contributed by atoms with Gasteiger partial charge in [-0.25, -0.2) is 0 Å². The Labute approximate surface area is 148 Å². The number of aromatic hydroxyl groups is 1. The summed E-state index contributed by atoms with van der Waals surface area (Å²) in [5.74, 6) is 1.41. The van der Waals surface area contributed by atoms with Crippen molar-refractivity contribution in [3.05, 3.63) is 41.5 Å². The van der Waals surface area contributed by atoms with Crippen molar-refractivity contribution >= 4 is 10.8 Å². The fourth-order valence-electron chi connectivity index (χ4n) is 2.62. The Balaban J connectivity index is 2.46. The summed E-state index contributed by atoms with van der Waals surface area (Å²) in [6, 6.07) is 7.44. The van der Waals surface area contributed by atoms with Crippen molar-refractivity contribution < 1.29 is 24.1 Å². The Morgan fingerprint density at radius 1 is 0.960 bits per heavy atom. The van der Waals surface area contributed by atoms with E-state index >= 15 is 0 Å². The number of phenolic OH excluding ortho intramolecular Hbond substituents is 1. The van der Waals surface area contributed by atoms with Gasteiger partial charge in [-0.1, -0.05) is 17.7 Å². The van der Waals surface area contributed by atoms with E-state index in [-0.39, 0.29) is 19.3 Å². The Morgan fingerprint density at radius 3 is 2.24 bits per heavy atom. The molecule has 0 saturated carbocycles. The molecule has 5 heteroatoms. The number of phenols is 1. The van der Waals surface area contributed by atoms with Gasteiger partial charge in [-0.2, -0.15) is 0 Å². The van der Waals surface area contributed by atoms with Gasteiger partial charge < -0.3 is 24.1 Å². The lowest BCUT2D eigenvalue weighted by Gasteiger charge is -2.15. The minimum atomic E-state index is 0.106. The van der Waals surface area contributed by atoms with Crippen molar-refractivity contribution in [2.24, 2.45) is 0 Å². The molecule has 0 atom stereocenters. The summed E-state index contributed by atoms with van der Waals surface area (Å²) in [5.41, 5.74) is 2.14. The standard InChI is InChI=1S/C20H26O5/c1-14(2)6-5-7-15-8-9-16-17(24-12-22-3)10-11-18(25-13-23-4)19(16)20(15)21/h6,8-11,21H,5,7,12-13H2,1-4H3. The molecule has 0 amide bonds. The van der Waals surface area contributed by atoms with Crippen LogP contribution in [0.1, 0.15) is 25.8 Å². The van der Waals surface area contributed by atoms with Crippen molar-refractivity contribution in [1.29, 1.82) is 0 Å². The molecule has 0 aliphatic rings. The first-order chi connectivity index (χ1) is 12.1. The van der Waals surface area contributed by atoms with Gasteiger partial charge in [0.25, 0.3) is 0 Å². The molecule has 0 aliphatic heterocycles. The van der Waals surface area contributed by atoms with Gasteiger partial charge in [0, 0.05) is 19.6 Å². The van der Waals surface area contributed by atoms with Crippen LogP contribution >= 0.6 is 0 Å². The molecule has 0 spiro atoms. The topological polar surface area (TPSA) is 57.2 Å². The average molecular weight is 346 g/mol. The van der Waals surface area contributed by atoms with Crippen LogP contribution in [-0.2, 0) is 15.9 Å². The second kappa shape index (κ2) is 9.30. The Bertz CT molecular complexity index is 732. The number of hydrogen-bond acceptors (Lipinski definition) is 5. The lowest BCUT2D eigenvalue weighted by molar-refractivity contribution is 0.0499. The van der Waals surface area contributed by atoms with E-state index in [9.17, 15) is 5.11 Å². The highest BCUT2D eigenvalue weighted by atomic mass is 16.7. The van der Waals surface area contributed by atoms with Crippen LogP contribution in [-0.4, -0.2) is 32.9 Å². The van der Waals surface area contributed by atoms with E-state index < -0.39 is 0 Å². The molecule has 2 rings (SSSR count). The fraction of sp³-hybridized carbons (Fsp3) is 0.400. The smallest absolute Gasteiger partial charge is 0.188 e. The number of aryl methyl sites for hydroxylation is 1. The zero-order chi connectivity index (χ0) is 18.2. The van der Waals surface area contributed by atoms with Crippen LogP contribution in [0.3, 0.4) is 0 Å². The molecule has 0 bridgehead atoms. The molecule has 136 valence electrons. The molecule has 2 aromatic rings.